The zero-order chi connectivity index (χ0) is 32.2. The minimum atomic E-state index is -1.49. The predicted octanol–water partition coefficient (Wildman–Crippen LogP) is 2.38. The van der Waals surface area contributed by atoms with Crippen molar-refractivity contribution in [1.29, 1.82) is 0 Å². The first kappa shape index (κ1) is 31.2. The number of likely N-dealkylation sites (N-methyl/N-ethyl adjacent to an activating group) is 1. The summed E-state index contributed by atoms with van der Waals surface area (Å²) in [6.07, 6.45) is 2.78. The highest BCUT2D eigenvalue weighted by Gasteiger charge is 2.89. The van der Waals surface area contributed by atoms with Crippen LogP contribution in [0, 0.1) is 29.1 Å². The second-order valence-electron chi connectivity index (χ2n) is 15.0. The van der Waals surface area contributed by atoms with E-state index in [9.17, 15) is 19.8 Å². The fraction of sp³-hybridized carbons (Fsp3) is 0.771. The quantitative estimate of drug-likeness (QED) is 0.364. The number of ether oxygens (including phenoxy) is 5. The summed E-state index contributed by atoms with van der Waals surface area (Å²) in [5.41, 5.74) is -3.67. The summed E-state index contributed by atoms with van der Waals surface area (Å²) in [6.45, 7) is 3.91. The average Bonchev–Trinajstić information content (AvgIpc) is 3.75. The molecule has 0 aromatic heterocycles. The maximum atomic E-state index is 14.3. The monoisotopic (exact) mass is 640 g/mol. The van der Waals surface area contributed by atoms with Gasteiger partial charge in [0.15, 0.2) is 0 Å². The number of para-hydroxylation sites is 1. The molecule has 3 N–H and O–H groups in total. The molecule has 1 aromatic rings. The summed E-state index contributed by atoms with van der Waals surface area (Å²) in [4.78, 5) is 29.7. The van der Waals surface area contributed by atoms with Gasteiger partial charge in [-0.3, -0.25) is 9.69 Å². The number of carbonyl (C=O) groups is 2. The molecule has 7 fully saturated rings. The van der Waals surface area contributed by atoms with Gasteiger partial charge >= 0.3 is 5.97 Å². The lowest BCUT2D eigenvalue weighted by Crippen LogP contribution is -2.83. The van der Waals surface area contributed by atoms with Crippen LogP contribution in [0.25, 0.3) is 0 Å². The minimum absolute atomic E-state index is 0.0558. The van der Waals surface area contributed by atoms with Crippen molar-refractivity contribution < 1.29 is 43.5 Å². The zero-order valence-corrected chi connectivity index (χ0v) is 27.3. The molecule has 2 heterocycles. The summed E-state index contributed by atoms with van der Waals surface area (Å²) in [7, 11) is 5.06. The molecular formula is C35H48N2O9. The number of nitrogens with zero attached hydrogens (tertiary/aromatic N) is 1. The number of nitrogens with one attached hydrogen (secondary N) is 1. The van der Waals surface area contributed by atoms with Gasteiger partial charge in [0.05, 0.1) is 29.6 Å². The Morgan fingerprint density at radius 3 is 2.57 bits per heavy atom. The van der Waals surface area contributed by atoms with Crippen molar-refractivity contribution in [3.8, 4) is 0 Å². The Labute approximate surface area is 270 Å². The summed E-state index contributed by atoms with van der Waals surface area (Å²) in [5, 5.41) is 28.8. The lowest BCUT2D eigenvalue weighted by Gasteiger charge is -2.70. The summed E-state index contributed by atoms with van der Waals surface area (Å²) in [6, 6.07) is 6.94. The molecule has 1 spiro atoms. The Morgan fingerprint density at radius 2 is 1.87 bits per heavy atom. The van der Waals surface area contributed by atoms with Crippen molar-refractivity contribution in [2.75, 3.05) is 46.3 Å². The first-order chi connectivity index (χ1) is 22.1. The van der Waals surface area contributed by atoms with Crippen LogP contribution in [0.4, 0.5) is 5.69 Å². The molecule has 7 aliphatic rings. The van der Waals surface area contributed by atoms with Gasteiger partial charge < -0.3 is 39.2 Å². The second-order valence-corrected chi connectivity index (χ2v) is 15.0. The Kier molecular flexibility index (Phi) is 7.24. The second kappa shape index (κ2) is 10.7. The first-order valence-corrected chi connectivity index (χ1v) is 17.2. The predicted molar refractivity (Wildman–Crippen MR) is 165 cm³/mol. The molecule has 46 heavy (non-hydrogen) atoms. The van der Waals surface area contributed by atoms with E-state index in [0.29, 0.717) is 69.5 Å². The number of rotatable bonds is 8. The van der Waals surface area contributed by atoms with Gasteiger partial charge in [-0.2, -0.15) is 0 Å². The van der Waals surface area contributed by atoms with Gasteiger partial charge in [-0.05, 0) is 57.2 Å². The van der Waals surface area contributed by atoms with Crippen molar-refractivity contribution in [2.24, 2.45) is 29.1 Å². The number of piperidine rings is 1. The maximum Gasteiger partial charge on any atom is 0.340 e. The number of hydrogen-bond donors (Lipinski definition) is 3. The van der Waals surface area contributed by atoms with Crippen LogP contribution in [0.3, 0.4) is 0 Å². The van der Waals surface area contributed by atoms with E-state index < -0.39 is 40.4 Å². The SMILES string of the molecule is CCN1C[C@]2(OC(=O)c3ccccc3NC(=O)C3CCCO3)CC[C@H](OC)[C@]34C1[C@H](C[C@H]23)[C@@]1(O)C[C@H](OC)[C@H]2C[C@@H]4[C@]1(O)[C@H]2OC. The Hall–Kier alpha value is -2.12. The minimum Gasteiger partial charge on any atom is -0.454 e. The molecule has 2 unspecified atom stereocenters. The highest BCUT2D eigenvalue weighted by molar-refractivity contribution is 6.02. The average molecular weight is 641 g/mol. The van der Waals surface area contributed by atoms with Gasteiger partial charge in [0.25, 0.3) is 5.91 Å². The van der Waals surface area contributed by atoms with Crippen LogP contribution in [-0.2, 0) is 28.5 Å². The van der Waals surface area contributed by atoms with Crippen molar-refractivity contribution in [1.82, 2.24) is 4.90 Å². The van der Waals surface area contributed by atoms with Crippen LogP contribution >= 0.6 is 0 Å². The standard InChI is InChI=1S/C35H48N2O9/c1-5-37-18-32(46-31(39)19-9-6-7-10-22(19)36-30(38)23-11-8-14-45-23)13-12-27(43-3)34-25(32)16-21(28(34)37)33(40)17-24(42-2)20-15-26(34)35(33,41)29(20)44-4/h6-7,9-10,20-21,23-29,40-41H,5,8,11-18H2,1-4H3,(H,36,38)/t20-,21+,23?,24+,25-,26+,27+,28?,29+,32-,33+,34+,35+/m1/s1. The number of carbonyl (C=O) groups excluding carboxylic acids is 2. The highest BCUT2D eigenvalue weighted by atomic mass is 16.6. The highest BCUT2D eigenvalue weighted by Crippen LogP contribution is 2.79. The molecule has 5 aliphatic carbocycles. The third-order valence-corrected chi connectivity index (χ3v) is 13.8. The van der Waals surface area contributed by atoms with Gasteiger partial charge in [-0.1, -0.05) is 19.1 Å². The number of aliphatic hydroxyl groups is 2. The molecule has 0 radical (unpaired) electrons. The van der Waals surface area contributed by atoms with Crippen LogP contribution in [0.2, 0.25) is 0 Å². The number of anilines is 1. The van der Waals surface area contributed by atoms with E-state index in [-0.39, 0.29) is 47.8 Å². The van der Waals surface area contributed by atoms with Gasteiger partial charge in [0, 0.05) is 76.0 Å². The van der Waals surface area contributed by atoms with Crippen molar-refractivity contribution in [3.63, 3.8) is 0 Å². The van der Waals surface area contributed by atoms with Crippen LogP contribution in [0.1, 0.15) is 62.2 Å². The van der Waals surface area contributed by atoms with Crippen molar-refractivity contribution in [2.45, 2.75) is 99.1 Å². The number of methoxy groups -OCH3 is 3. The number of fused-ring (bicyclic) bond motifs is 2. The lowest BCUT2D eigenvalue weighted by molar-refractivity contribution is -0.337. The fourth-order valence-electron chi connectivity index (χ4n) is 12.4. The molecule has 7 bridgehead atoms. The number of amides is 1. The first-order valence-electron chi connectivity index (χ1n) is 17.2. The molecule has 11 nitrogen and oxygen atoms in total. The van der Waals surface area contributed by atoms with Crippen molar-refractivity contribution in [3.05, 3.63) is 29.8 Å². The van der Waals surface area contributed by atoms with Gasteiger partial charge in [0.1, 0.15) is 22.9 Å². The van der Waals surface area contributed by atoms with E-state index in [4.69, 9.17) is 23.7 Å². The zero-order valence-electron chi connectivity index (χ0n) is 27.3. The Morgan fingerprint density at radius 1 is 1.07 bits per heavy atom. The van der Waals surface area contributed by atoms with E-state index in [1.54, 1.807) is 45.6 Å². The van der Waals surface area contributed by atoms with E-state index >= 15 is 0 Å². The number of benzene rings is 1. The number of hydrogen-bond acceptors (Lipinski definition) is 10. The molecule has 11 heteroatoms. The largest absolute Gasteiger partial charge is 0.454 e. The molecule has 2 saturated heterocycles. The molecule has 1 aromatic carbocycles. The van der Waals surface area contributed by atoms with Crippen LogP contribution < -0.4 is 5.32 Å². The van der Waals surface area contributed by atoms with Crippen LogP contribution in [0.15, 0.2) is 24.3 Å². The summed E-state index contributed by atoms with van der Waals surface area (Å²) < 4.78 is 30.8. The molecule has 1 amide bonds. The Balaban J connectivity index is 1.21. The molecule has 5 saturated carbocycles. The van der Waals surface area contributed by atoms with E-state index in [2.05, 4.69) is 17.1 Å². The van der Waals surface area contributed by atoms with E-state index in [1.165, 1.54) is 0 Å². The molecule has 2 aliphatic heterocycles. The molecule has 13 atom stereocenters. The molecular weight excluding hydrogens is 592 g/mol. The fourth-order valence-corrected chi connectivity index (χ4v) is 12.4. The third kappa shape index (κ3) is 3.68. The maximum absolute atomic E-state index is 14.3. The molecule has 8 rings (SSSR count). The number of likely N-dealkylation sites (tertiary alicyclic amines) is 1. The molecule has 252 valence electrons. The van der Waals surface area contributed by atoms with Crippen LogP contribution in [0.5, 0.6) is 0 Å². The van der Waals surface area contributed by atoms with E-state index in [0.717, 1.165) is 6.42 Å². The smallest absolute Gasteiger partial charge is 0.340 e. The van der Waals surface area contributed by atoms with Crippen LogP contribution in [-0.4, -0.2) is 115 Å². The normalized spacial score (nSPS) is 48.3. The number of esters is 1. The lowest BCUT2D eigenvalue weighted by atomic mass is 9.44. The van der Waals surface area contributed by atoms with Gasteiger partial charge in [-0.15, -0.1) is 0 Å². The topological polar surface area (TPSA) is 136 Å². The van der Waals surface area contributed by atoms with Gasteiger partial charge in [0.2, 0.25) is 0 Å². The van der Waals surface area contributed by atoms with Gasteiger partial charge in [-0.25, -0.2) is 4.79 Å². The summed E-state index contributed by atoms with van der Waals surface area (Å²) in [5.74, 6) is -1.60. The summed E-state index contributed by atoms with van der Waals surface area (Å²) >= 11 is 0. The third-order valence-electron chi connectivity index (χ3n) is 13.8. The van der Waals surface area contributed by atoms with E-state index in [1.807, 2.05) is 0 Å². The Bertz CT molecular complexity index is 1400. The van der Waals surface area contributed by atoms with Crippen molar-refractivity contribution >= 4 is 17.6 Å².